The van der Waals surface area contributed by atoms with Crippen molar-refractivity contribution in [1.82, 2.24) is 14.6 Å². The van der Waals surface area contributed by atoms with E-state index in [4.69, 9.17) is 42.1 Å². The molecule has 1 unspecified atom stereocenters. The molecule has 0 radical (unpaired) electrons. The second kappa shape index (κ2) is 21.0. The Balaban J connectivity index is 0.966. The van der Waals surface area contributed by atoms with Crippen molar-refractivity contribution in [2.24, 2.45) is 0 Å². The topological polar surface area (TPSA) is 186 Å². The molecule has 3 heterocycles. The number of nitrogens with one attached hydrogen (secondary N) is 2. The first kappa shape index (κ1) is 48.8. The zero-order chi connectivity index (χ0) is 49.8. The Bertz CT molecular complexity index is 3290. The highest BCUT2D eigenvalue weighted by atomic mass is 35.5. The molecule has 0 saturated carbocycles. The molecule has 6 aromatic carbocycles. The van der Waals surface area contributed by atoms with E-state index in [0.717, 1.165) is 26.6 Å². The predicted molar refractivity (Wildman–Crippen MR) is 269 cm³/mol. The van der Waals surface area contributed by atoms with Crippen molar-refractivity contribution in [3.05, 3.63) is 176 Å². The lowest BCUT2D eigenvalue weighted by atomic mass is 9.93. The van der Waals surface area contributed by atoms with Crippen LogP contribution in [0.25, 0.3) is 22.4 Å². The maximum absolute atomic E-state index is 14.8. The van der Waals surface area contributed by atoms with Crippen LogP contribution in [-0.2, 0) is 55.1 Å². The molecule has 0 spiro atoms. The predicted octanol–water partition coefficient (Wildman–Crippen LogP) is 9.72. The Morgan fingerprint density at radius 3 is 2.21 bits per heavy atom. The summed E-state index contributed by atoms with van der Waals surface area (Å²) in [5, 5.41) is 17.7. The molecule has 2 amide bonds. The fraction of sp³-hybridized carbons (Fsp3) is 0.189. The van der Waals surface area contributed by atoms with Crippen molar-refractivity contribution >= 4 is 67.5 Å². The molecule has 2 aliphatic heterocycles. The van der Waals surface area contributed by atoms with Crippen LogP contribution in [0.5, 0.6) is 17.2 Å². The number of halogens is 2. The number of carbonyl (C=O) groups is 3. The van der Waals surface area contributed by atoms with Gasteiger partial charge >= 0.3 is 5.97 Å². The van der Waals surface area contributed by atoms with Crippen LogP contribution in [0.2, 0.25) is 10.0 Å². The molecule has 2 N–H and O–H groups in total. The number of hydrogen-bond donors (Lipinski definition) is 2. The number of fused-ring (bicyclic) bond motifs is 2. The number of ether oxygens (including phenoxy) is 4. The van der Waals surface area contributed by atoms with E-state index in [1.54, 1.807) is 53.9 Å². The Hall–Kier alpha value is -7.26. The van der Waals surface area contributed by atoms with E-state index in [1.165, 1.54) is 37.5 Å². The molecular weight excluding hydrogens is 986 g/mol. The molecule has 3 atom stereocenters. The zero-order valence-corrected chi connectivity index (χ0v) is 41.2. The summed E-state index contributed by atoms with van der Waals surface area (Å²) in [6.07, 6.45) is -0.502. The van der Waals surface area contributed by atoms with Gasteiger partial charge in [-0.05, 0) is 106 Å². The Morgan fingerprint density at radius 2 is 1.54 bits per heavy atom. The summed E-state index contributed by atoms with van der Waals surface area (Å²) in [5.41, 5.74) is 7.15. The van der Waals surface area contributed by atoms with E-state index in [-0.39, 0.29) is 43.4 Å². The van der Waals surface area contributed by atoms with Gasteiger partial charge in [-0.3, -0.25) is 9.59 Å². The number of nitriles is 1. The Labute approximate surface area is 423 Å². The quantitative estimate of drug-likeness (QED) is 0.0988. The van der Waals surface area contributed by atoms with Crippen LogP contribution in [0.1, 0.15) is 46.4 Å². The number of anilines is 1. The molecule has 71 heavy (non-hydrogen) atoms. The molecule has 0 fully saturated rings. The van der Waals surface area contributed by atoms with Crippen molar-refractivity contribution in [3.8, 4) is 45.7 Å². The van der Waals surface area contributed by atoms with Crippen LogP contribution in [0, 0.1) is 11.3 Å². The van der Waals surface area contributed by atoms with Crippen LogP contribution < -0.4 is 24.8 Å². The summed E-state index contributed by atoms with van der Waals surface area (Å²) in [4.78, 5) is 43.9. The number of esters is 1. The lowest BCUT2D eigenvalue weighted by Gasteiger charge is -2.37. The third-order valence-electron chi connectivity index (χ3n) is 12.0. The van der Waals surface area contributed by atoms with Gasteiger partial charge in [-0.1, -0.05) is 89.9 Å². The standard InChI is InChI=1S/C53H43Cl2N5O9S2/c1-31(61)57-53-59-46(30-70-53)37-14-18-42(19-15-37)71(64,65)60-27-40-25-49-48(68-29-50(69-49)38-12-16-41(17-13-38)67-28-34-7-20-43(54)44(55)21-34)24-39(40)23-47(60)51(62)58-45(52(63)66-2)22-32-3-8-35(9-4-32)36-10-5-33(26-56)6-11-36/h3-21,24-25,30,45,47,50H,22-23,27-29H2,1-2H3,(H,58,62)(H,57,59,61)/t45-,47?,50+/m0/s1. The number of sulfonamides is 1. The molecule has 360 valence electrons. The van der Waals surface area contributed by atoms with Crippen molar-refractivity contribution in [2.75, 3.05) is 19.0 Å². The number of amides is 2. The summed E-state index contributed by atoms with van der Waals surface area (Å²) < 4.78 is 54.7. The first-order valence-corrected chi connectivity index (χ1v) is 25.3. The van der Waals surface area contributed by atoms with E-state index >= 15 is 0 Å². The zero-order valence-electron chi connectivity index (χ0n) is 38.1. The van der Waals surface area contributed by atoms with Gasteiger partial charge in [0.15, 0.2) is 22.7 Å². The summed E-state index contributed by atoms with van der Waals surface area (Å²) in [7, 11) is -3.18. The van der Waals surface area contributed by atoms with Crippen LogP contribution >= 0.6 is 34.5 Å². The average Bonchev–Trinajstić information content (AvgIpc) is 3.85. The highest BCUT2D eigenvalue weighted by molar-refractivity contribution is 7.89. The van der Waals surface area contributed by atoms with E-state index in [2.05, 4.69) is 21.7 Å². The number of aromatic nitrogens is 1. The number of carbonyl (C=O) groups excluding carboxylic acids is 3. The van der Waals surface area contributed by atoms with Gasteiger partial charge in [-0.2, -0.15) is 9.57 Å². The number of thiazole rings is 1. The first-order chi connectivity index (χ1) is 34.2. The van der Waals surface area contributed by atoms with Crippen molar-refractivity contribution in [1.29, 1.82) is 5.26 Å². The van der Waals surface area contributed by atoms with Crippen LogP contribution in [0.4, 0.5) is 5.13 Å². The molecule has 9 rings (SSSR count). The molecule has 18 heteroatoms. The van der Waals surface area contributed by atoms with Crippen LogP contribution in [0.3, 0.4) is 0 Å². The minimum atomic E-state index is -4.40. The van der Waals surface area contributed by atoms with E-state index in [0.29, 0.717) is 65.9 Å². The third kappa shape index (κ3) is 11.0. The van der Waals surface area contributed by atoms with E-state index in [9.17, 15) is 28.1 Å². The number of benzene rings is 6. The van der Waals surface area contributed by atoms with Gasteiger partial charge < -0.3 is 29.6 Å². The smallest absolute Gasteiger partial charge is 0.328 e. The molecule has 0 saturated heterocycles. The number of nitrogens with zero attached hydrogens (tertiary/aromatic N) is 3. The Morgan fingerprint density at radius 1 is 0.859 bits per heavy atom. The summed E-state index contributed by atoms with van der Waals surface area (Å²) in [5.74, 6) is -0.203. The van der Waals surface area contributed by atoms with Gasteiger partial charge in [0.25, 0.3) is 0 Å². The molecule has 2 aliphatic rings. The van der Waals surface area contributed by atoms with Crippen molar-refractivity contribution < 1.29 is 41.7 Å². The normalized spacial score (nSPS) is 15.6. The summed E-state index contributed by atoms with van der Waals surface area (Å²) >= 11 is 13.5. The van der Waals surface area contributed by atoms with Crippen molar-refractivity contribution in [2.45, 2.75) is 56.0 Å². The van der Waals surface area contributed by atoms with Crippen LogP contribution in [0.15, 0.2) is 138 Å². The van der Waals surface area contributed by atoms with Gasteiger partial charge in [0.2, 0.25) is 21.8 Å². The second-order valence-corrected chi connectivity index (χ2v) is 20.3. The SMILES string of the molecule is COC(=O)[C@H](Cc1ccc(-c2ccc(C#N)cc2)cc1)NC(=O)C1Cc2cc3c(cc2CN1S(=O)(=O)c1ccc(-c2csc(NC(C)=O)n2)cc1)O[C@@H](c1ccc(OCc2ccc(Cl)c(Cl)c2)cc1)CO3. The highest BCUT2D eigenvalue weighted by Crippen LogP contribution is 2.42. The van der Waals surface area contributed by atoms with E-state index in [1.807, 2.05) is 66.7 Å². The van der Waals surface area contributed by atoms with Gasteiger partial charge in [0.1, 0.15) is 31.0 Å². The molecule has 7 aromatic rings. The lowest BCUT2D eigenvalue weighted by molar-refractivity contribution is -0.145. The highest BCUT2D eigenvalue weighted by Gasteiger charge is 2.42. The fourth-order valence-corrected chi connectivity index (χ4v) is 11.0. The second-order valence-electron chi connectivity index (χ2n) is 16.8. The van der Waals surface area contributed by atoms with E-state index < -0.39 is 40.1 Å². The molecule has 0 bridgehead atoms. The minimum Gasteiger partial charge on any atom is -0.489 e. The summed E-state index contributed by atoms with van der Waals surface area (Å²) in [6, 6.07) is 36.6. The number of methoxy groups -OCH3 is 1. The number of rotatable bonds is 14. The maximum Gasteiger partial charge on any atom is 0.328 e. The van der Waals surface area contributed by atoms with Crippen molar-refractivity contribution in [3.63, 3.8) is 0 Å². The number of hydrogen-bond acceptors (Lipinski definition) is 12. The van der Waals surface area contributed by atoms with Gasteiger partial charge in [-0.15, -0.1) is 11.3 Å². The minimum absolute atomic E-state index is 0.0538. The molecule has 0 aliphatic carbocycles. The molecule has 14 nitrogen and oxygen atoms in total. The van der Waals surface area contributed by atoms with Gasteiger partial charge in [-0.25, -0.2) is 18.2 Å². The fourth-order valence-electron chi connectivity index (χ4n) is 8.30. The maximum atomic E-state index is 14.8. The monoisotopic (exact) mass is 1030 g/mol. The van der Waals surface area contributed by atoms with Gasteiger partial charge in [0, 0.05) is 30.8 Å². The average molecular weight is 1030 g/mol. The Kier molecular flexibility index (Phi) is 14.4. The molecular formula is C53H43Cl2N5O9S2. The summed E-state index contributed by atoms with van der Waals surface area (Å²) in [6.45, 7) is 1.64. The lowest BCUT2D eigenvalue weighted by Crippen LogP contribution is -2.56. The third-order valence-corrected chi connectivity index (χ3v) is 15.4. The molecule has 1 aromatic heterocycles. The first-order valence-electron chi connectivity index (χ1n) is 22.2. The van der Waals surface area contributed by atoms with Crippen LogP contribution in [-0.4, -0.2) is 61.3 Å². The largest absolute Gasteiger partial charge is 0.489 e. The van der Waals surface area contributed by atoms with Gasteiger partial charge in [0.05, 0.1) is 39.4 Å².